The lowest BCUT2D eigenvalue weighted by Crippen LogP contribution is -2.28. The van der Waals surface area contributed by atoms with E-state index in [1.54, 1.807) is 23.8 Å². The molecule has 0 aliphatic heterocycles. The van der Waals surface area contributed by atoms with Gasteiger partial charge in [0.05, 0.1) is 24.4 Å². The molecule has 3 aromatic rings. The van der Waals surface area contributed by atoms with Gasteiger partial charge in [-0.05, 0) is 37.6 Å². The molecular weight excluding hydrogens is 376 g/mol. The minimum absolute atomic E-state index is 0.355. The molecule has 1 heterocycles. The second kappa shape index (κ2) is 8.39. The summed E-state index contributed by atoms with van der Waals surface area (Å²) < 4.78 is 13.0. The first-order chi connectivity index (χ1) is 13.5. The highest BCUT2D eigenvalue weighted by Crippen LogP contribution is 2.27. The summed E-state index contributed by atoms with van der Waals surface area (Å²) in [5.41, 5.74) is 2.34. The molecule has 1 amide bonds. The highest BCUT2D eigenvalue weighted by molar-refractivity contribution is 7.16. The van der Waals surface area contributed by atoms with Gasteiger partial charge in [0.15, 0.2) is 4.80 Å². The summed E-state index contributed by atoms with van der Waals surface area (Å²) in [5.74, 6) is -0.0728. The molecule has 0 aliphatic carbocycles. The third-order valence-electron chi connectivity index (χ3n) is 4.50. The van der Waals surface area contributed by atoms with Crippen molar-refractivity contribution < 1.29 is 19.1 Å². The number of fused-ring (bicyclic) bond motifs is 1. The van der Waals surface area contributed by atoms with E-state index in [0.717, 1.165) is 15.8 Å². The lowest BCUT2D eigenvalue weighted by molar-refractivity contribution is -0.144. The summed E-state index contributed by atoms with van der Waals surface area (Å²) in [5, 5.41) is 0. The van der Waals surface area contributed by atoms with E-state index in [1.165, 1.54) is 18.4 Å². The molecule has 3 rings (SSSR count). The summed E-state index contributed by atoms with van der Waals surface area (Å²) in [7, 11) is 2.94. The van der Waals surface area contributed by atoms with Crippen molar-refractivity contribution in [2.45, 2.75) is 26.3 Å². The molecule has 0 saturated heterocycles. The maximum absolute atomic E-state index is 12.7. The fraction of sp³-hybridized carbons (Fsp3) is 0.286. The van der Waals surface area contributed by atoms with Gasteiger partial charge >= 0.3 is 5.97 Å². The SMILES string of the molecule is CCC(C(=O)OC)n1c(=NC(=O)c2ccc(C)cc2)sc2ccc(OC)cc21. The molecule has 0 radical (unpaired) electrons. The first-order valence-electron chi connectivity index (χ1n) is 8.91. The van der Waals surface area contributed by atoms with Gasteiger partial charge in [0.2, 0.25) is 0 Å². The molecule has 7 heteroatoms. The van der Waals surface area contributed by atoms with Crippen LogP contribution in [0.1, 0.15) is 35.3 Å². The van der Waals surface area contributed by atoms with Gasteiger partial charge in [0.25, 0.3) is 5.91 Å². The molecule has 1 unspecified atom stereocenters. The molecule has 1 aromatic heterocycles. The van der Waals surface area contributed by atoms with E-state index in [4.69, 9.17) is 9.47 Å². The van der Waals surface area contributed by atoms with E-state index >= 15 is 0 Å². The van der Waals surface area contributed by atoms with Crippen molar-refractivity contribution >= 4 is 33.4 Å². The number of carbonyl (C=O) groups excluding carboxylic acids is 2. The highest BCUT2D eigenvalue weighted by Gasteiger charge is 2.23. The Labute approximate surface area is 167 Å². The van der Waals surface area contributed by atoms with Crippen LogP contribution in [0.4, 0.5) is 0 Å². The molecule has 0 fully saturated rings. The Balaban J connectivity index is 2.23. The zero-order chi connectivity index (χ0) is 20.3. The first kappa shape index (κ1) is 19.8. The van der Waals surface area contributed by atoms with Gasteiger partial charge in [-0.3, -0.25) is 4.79 Å². The Morgan fingerprint density at radius 2 is 1.86 bits per heavy atom. The molecule has 0 bridgehead atoms. The van der Waals surface area contributed by atoms with Crippen LogP contribution in [0.15, 0.2) is 47.5 Å². The molecule has 1 atom stereocenters. The van der Waals surface area contributed by atoms with Crippen molar-refractivity contribution in [3.63, 3.8) is 0 Å². The van der Waals surface area contributed by atoms with E-state index < -0.39 is 6.04 Å². The fourth-order valence-electron chi connectivity index (χ4n) is 2.97. The number of aromatic nitrogens is 1. The van der Waals surface area contributed by atoms with Gasteiger partial charge in [0, 0.05) is 11.6 Å². The number of benzene rings is 2. The smallest absolute Gasteiger partial charge is 0.328 e. The van der Waals surface area contributed by atoms with E-state index in [0.29, 0.717) is 22.5 Å². The maximum Gasteiger partial charge on any atom is 0.328 e. The predicted molar refractivity (Wildman–Crippen MR) is 109 cm³/mol. The van der Waals surface area contributed by atoms with Crippen molar-refractivity contribution in [2.75, 3.05) is 14.2 Å². The number of nitrogens with zero attached hydrogens (tertiary/aromatic N) is 2. The summed E-state index contributed by atoms with van der Waals surface area (Å²) >= 11 is 1.35. The van der Waals surface area contributed by atoms with Crippen LogP contribution < -0.4 is 9.54 Å². The Hall–Kier alpha value is -2.93. The van der Waals surface area contributed by atoms with Crippen LogP contribution in [0.2, 0.25) is 0 Å². The largest absolute Gasteiger partial charge is 0.497 e. The monoisotopic (exact) mass is 398 g/mol. The third-order valence-corrected chi connectivity index (χ3v) is 5.54. The summed E-state index contributed by atoms with van der Waals surface area (Å²) in [6, 6.07) is 12.2. The molecule has 0 N–H and O–H groups in total. The number of rotatable bonds is 5. The fourth-order valence-corrected chi connectivity index (χ4v) is 4.01. The number of hydrogen-bond acceptors (Lipinski definition) is 5. The lowest BCUT2D eigenvalue weighted by atomic mass is 10.1. The van der Waals surface area contributed by atoms with E-state index in [-0.39, 0.29) is 11.9 Å². The zero-order valence-corrected chi connectivity index (χ0v) is 17.1. The Morgan fingerprint density at radius 3 is 2.46 bits per heavy atom. The minimum atomic E-state index is -0.588. The molecule has 146 valence electrons. The number of hydrogen-bond donors (Lipinski definition) is 0. The number of amides is 1. The summed E-state index contributed by atoms with van der Waals surface area (Å²) in [6.07, 6.45) is 0.502. The average molecular weight is 398 g/mol. The number of thiazole rings is 1. The van der Waals surface area contributed by atoms with Crippen LogP contribution in [0.5, 0.6) is 5.75 Å². The van der Waals surface area contributed by atoms with Crippen LogP contribution in [0, 0.1) is 6.92 Å². The van der Waals surface area contributed by atoms with Gasteiger partial charge < -0.3 is 14.0 Å². The number of ether oxygens (including phenoxy) is 2. The maximum atomic E-state index is 12.7. The van der Waals surface area contributed by atoms with Gasteiger partial charge in [-0.15, -0.1) is 0 Å². The van der Waals surface area contributed by atoms with Gasteiger partial charge in [-0.2, -0.15) is 4.99 Å². The number of methoxy groups -OCH3 is 2. The second-order valence-electron chi connectivity index (χ2n) is 6.32. The molecule has 0 spiro atoms. The standard InChI is InChI=1S/C21H22N2O4S/c1-5-16(20(25)27-4)23-17-12-15(26-3)10-11-18(17)28-21(23)22-19(24)14-8-6-13(2)7-9-14/h6-12,16H,5H2,1-4H3. The Bertz CT molecular complexity index is 1080. The van der Waals surface area contributed by atoms with Crippen molar-refractivity contribution in [3.8, 4) is 5.75 Å². The van der Waals surface area contributed by atoms with E-state index in [9.17, 15) is 9.59 Å². The number of aryl methyl sites for hydroxylation is 1. The molecule has 6 nitrogen and oxygen atoms in total. The summed E-state index contributed by atoms with van der Waals surface area (Å²) in [6.45, 7) is 3.85. The van der Waals surface area contributed by atoms with Gasteiger partial charge in [-0.1, -0.05) is 36.0 Å². The van der Waals surface area contributed by atoms with Crippen molar-refractivity contribution in [1.82, 2.24) is 4.57 Å². The van der Waals surface area contributed by atoms with Gasteiger partial charge in [0.1, 0.15) is 11.8 Å². The second-order valence-corrected chi connectivity index (χ2v) is 7.33. The minimum Gasteiger partial charge on any atom is -0.497 e. The predicted octanol–water partition coefficient (Wildman–Crippen LogP) is 3.89. The van der Waals surface area contributed by atoms with Crippen LogP contribution >= 0.6 is 11.3 Å². The van der Waals surface area contributed by atoms with Crippen molar-refractivity contribution in [1.29, 1.82) is 0 Å². The molecule has 0 saturated carbocycles. The van der Waals surface area contributed by atoms with Crippen LogP contribution in [0.25, 0.3) is 10.2 Å². The average Bonchev–Trinajstić information content (AvgIpc) is 3.05. The topological polar surface area (TPSA) is 69.9 Å². The zero-order valence-electron chi connectivity index (χ0n) is 16.3. The third kappa shape index (κ3) is 3.84. The van der Waals surface area contributed by atoms with E-state index in [2.05, 4.69) is 4.99 Å². The first-order valence-corrected chi connectivity index (χ1v) is 9.72. The molecular formula is C21H22N2O4S. The lowest BCUT2D eigenvalue weighted by Gasteiger charge is -2.16. The molecule has 2 aromatic carbocycles. The Morgan fingerprint density at radius 1 is 1.14 bits per heavy atom. The number of carbonyl (C=O) groups is 2. The normalized spacial score (nSPS) is 12.8. The molecule has 0 aliphatic rings. The quantitative estimate of drug-likeness (QED) is 0.612. The summed E-state index contributed by atoms with van der Waals surface area (Å²) in [4.78, 5) is 29.9. The van der Waals surface area contributed by atoms with Gasteiger partial charge in [-0.25, -0.2) is 4.79 Å². The van der Waals surface area contributed by atoms with Crippen LogP contribution in [0.3, 0.4) is 0 Å². The molecule has 28 heavy (non-hydrogen) atoms. The Kier molecular flexibility index (Phi) is 5.94. The van der Waals surface area contributed by atoms with E-state index in [1.807, 2.05) is 44.2 Å². The number of esters is 1. The van der Waals surface area contributed by atoms with Crippen LogP contribution in [-0.2, 0) is 9.53 Å². The van der Waals surface area contributed by atoms with Crippen molar-refractivity contribution in [2.24, 2.45) is 4.99 Å². The highest BCUT2D eigenvalue weighted by atomic mass is 32.1. The van der Waals surface area contributed by atoms with Crippen molar-refractivity contribution in [3.05, 3.63) is 58.4 Å². The van der Waals surface area contributed by atoms with Crippen LogP contribution in [-0.4, -0.2) is 30.7 Å².